The van der Waals surface area contributed by atoms with Gasteiger partial charge in [-0.25, -0.2) is 0 Å². The highest BCUT2D eigenvalue weighted by Gasteiger charge is 2.17. The highest BCUT2D eigenvalue weighted by atomic mass is 16.1. The minimum atomic E-state index is 0.132. The molecule has 128 valence electrons. The Morgan fingerprint density at radius 2 is 1.60 bits per heavy atom. The van der Waals surface area contributed by atoms with Crippen LogP contribution in [0.1, 0.15) is 46.8 Å². The Morgan fingerprint density at radius 1 is 0.960 bits per heavy atom. The number of benzene rings is 2. The molecule has 3 nitrogen and oxygen atoms in total. The molecule has 0 amide bonds. The summed E-state index contributed by atoms with van der Waals surface area (Å²) in [4.78, 5) is 17.2. The van der Waals surface area contributed by atoms with Gasteiger partial charge in [0.15, 0.2) is 5.78 Å². The minimum Gasteiger partial charge on any atom is -0.354 e. The average molecular weight is 332 g/mol. The number of aryl methyl sites for hydroxylation is 3. The van der Waals surface area contributed by atoms with E-state index >= 15 is 0 Å². The SMILES string of the molecule is CCCC(=O)c1cnc2c(C)cccc2c1Nc1c(C)cccc1C. The average Bonchev–Trinajstić information content (AvgIpc) is 2.59. The molecule has 0 aliphatic rings. The number of para-hydroxylation sites is 2. The topological polar surface area (TPSA) is 42.0 Å². The first-order valence-electron chi connectivity index (χ1n) is 8.77. The summed E-state index contributed by atoms with van der Waals surface area (Å²) in [6, 6.07) is 12.3. The van der Waals surface area contributed by atoms with Crippen LogP contribution >= 0.6 is 0 Å². The molecule has 0 fully saturated rings. The van der Waals surface area contributed by atoms with Crippen LogP contribution in [0.4, 0.5) is 11.4 Å². The van der Waals surface area contributed by atoms with E-state index in [1.54, 1.807) is 6.20 Å². The third-order valence-corrected chi connectivity index (χ3v) is 4.61. The van der Waals surface area contributed by atoms with Crippen molar-refractivity contribution in [2.24, 2.45) is 0 Å². The number of nitrogens with one attached hydrogen (secondary N) is 1. The number of pyridine rings is 1. The van der Waals surface area contributed by atoms with Gasteiger partial charge in [0.1, 0.15) is 0 Å². The molecule has 0 spiro atoms. The molecule has 0 saturated heterocycles. The van der Waals surface area contributed by atoms with Crippen molar-refractivity contribution in [2.75, 3.05) is 5.32 Å². The molecule has 25 heavy (non-hydrogen) atoms. The van der Waals surface area contributed by atoms with Crippen LogP contribution in [0, 0.1) is 20.8 Å². The van der Waals surface area contributed by atoms with Crippen LogP contribution in [-0.4, -0.2) is 10.8 Å². The number of carbonyl (C=O) groups excluding carboxylic acids is 1. The van der Waals surface area contributed by atoms with Crippen LogP contribution in [0.2, 0.25) is 0 Å². The number of ketones is 1. The molecular formula is C22H24N2O. The van der Waals surface area contributed by atoms with E-state index in [0.29, 0.717) is 12.0 Å². The van der Waals surface area contributed by atoms with Crippen LogP contribution in [0.15, 0.2) is 42.6 Å². The summed E-state index contributed by atoms with van der Waals surface area (Å²) in [5.41, 5.74) is 6.95. The van der Waals surface area contributed by atoms with E-state index in [1.807, 2.05) is 38.1 Å². The normalized spacial score (nSPS) is 10.9. The highest BCUT2D eigenvalue weighted by molar-refractivity contribution is 6.09. The van der Waals surface area contributed by atoms with Gasteiger partial charge in [0.05, 0.1) is 16.8 Å². The van der Waals surface area contributed by atoms with Gasteiger partial charge in [0, 0.05) is 23.7 Å². The zero-order valence-corrected chi connectivity index (χ0v) is 15.3. The van der Waals surface area contributed by atoms with E-state index in [2.05, 4.69) is 36.3 Å². The van der Waals surface area contributed by atoms with E-state index in [0.717, 1.165) is 45.4 Å². The predicted octanol–water partition coefficient (Wildman–Crippen LogP) is 5.89. The van der Waals surface area contributed by atoms with E-state index in [4.69, 9.17) is 0 Å². The lowest BCUT2D eigenvalue weighted by Crippen LogP contribution is -2.07. The Balaban J connectivity index is 2.24. The lowest BCUT2D eigenvalue weighted by molar-refractivity contribution is 0.0982. The molecular weight excluding hydrogens is 308 g/mol. The number of fused-ring (bicyclic) bond motifs is 1. The summed E-state index contributed by atoms with van der Waals surface area (Å²) >= 11 is 0. The van der Waals surface area contributed by atoms with Gasteiger partial charge < -0.3 is 5.32 Å². The summed E-state index contributed by atoms with van der Waals surface area (Å²) in [5, 5.41) is 4.55. The molecule has 1 N–H and O–H groups in total. The molecule has 2 aromatic carbocycles. The first-order chi connectivity index (χ1) is 12.0. The zero-order valence-electron chi connectivity index (χ0n) is 15.3. The molecule has 0 radical (unpaired) electrons. The second kappa shape index (κ2) is 7.06. The lowest BCUT2D eigenvalue weighted by Gasteiger charge is -2.18. The number of nitrogens with zero attached hydrogens (tertiary/aromatic N) is 1. The largest absolute Gasteiger partial charge is 0.354 e. The van der Waals surface area contributed by atoms with Gasteiger partial charge >= 0.3 is 0 Å². The van der Waals surface area contributed by atoms with Gasteiger partial charge in [0.2, 0.25) is 0 Å². The molecule has 0 aliphatic carbocycles. The molecule has 1 aromatic heterocycles. The van der Waals surface area contributed by atoms with Gasteiger partial charge in [-0.3, -0.25) is 9.78 Å². The monoisotopic (exact) mass is 332 g/mol. The molecule has 0 atom stereocenters. The number of carbonyl (C=O) groups is 1. The van der Waals surface area contributed by atoms with Gasteiger partial charge in [-0.2, -0.15) is 0 Å². The van der Waals surface area contributed by atoms with E-state index in [9.17, 15) is 4.79 Å². The maximum absolute atomic E-state index is 12.7. The Bertz CT molecular complexity index is 924. The standard InChI is InChI=1S/C22H24N2O/c1-5-8-19(25)18-13-23-21-16(4)11-7-12-17(21)22(18)24-20-14(2)9-6-10-15(20)3/h6-7,9-13H,5,8H2,1-4H3,(H,23,24). The fourth-order valence-electron chi connectivity index (χ4n) is 3.22. The zero-order chi connectivity index (χ0) is 18.0. The maximum atomic E-state index is 12.7. The molecule has 0 saturated carbocycles. The fraction of sp³-hybridized carbons (Fsp3) is 0.273. The number of rotatable bonds is 5. The summed E-state index contributed by atoms with van der Waals surface area (Å²) in [7, 11) is 0. The highest BCUT2D eigenvalue weighted by Crippen LogP contribution is 2.33. The Hall–Kier alpha value is -2.68. The van der Waals surface area contributed by atoms with Crippen LogP contribution < -0.4 is 5.32 Å². The van der Waals surface area contributed by atoms with Crippen molar-refractivity contribution in [2.45, 2.75) is 40.5 Å². The third-order valence-electron chi connectivity index (χ3n) is 4.61. The van der Waals surface area contributed by atoms with Crippen molar-refractivity contribution in [3.05, 3.63) is 64.8 Å². The second-order valence-electron chi connectivity index (χ2n) is 6.58. The minimum absolute atomic E-state index is 0.132. The summed E-state index contributed by atoms with van der Waals surface area (Å²) in [6.45, 7) is 8.23. The molecule has 0 aliphatic heterocycles. The Kier molecular flexibility index (Phi) is 4.84. The third kappa shape index (κ3) is 3.27. The molecule has 0 unspecified atom stereocenters. The summed E-state index contributed by atoms with van der Waals surface area (Å²) in [6.07, 6.45) is 3.08. The van der Waals surface area contributed by atoms with Crippen molar-refractivity contribution >= 4 is 28.1 Å². The molecule has 1 heterocycles. The quantitative estimate of drug-likeness (QED) is 0.593. The van der Waals surface area contributed by atoms with Crippen LogP contribution in [-0.2, 0) is 0 Å². The number of Topliss-reactive ketones (excluding diaryl/α,β-unsaturated/α-hetero) is 1. The first-order valence-corrected chi connectivity index (χ1v) is 8.77. The van der Waals surface area contributed by atoms with Crippen LogP contribution in [0.3, 0.4) is 0 Å². The number of hydrogen-bond donors (Lipinski definition) is 1. The second-order valence-corrected chi connectivity index (χ2v) is 6.58. The predicted molar refractivity (Wildman–Crippen MR) is 105 cm³/mol. The van der Waals surface area contributed by atoms with Gasteiger partial charge in [-0.15, -0.1) is 0 Å². The van der Waals surface area contributed by atoms with Crippen molar-refractivity contribution in [3.8, 4) is 0 Å². The van der Waals surface area contributed by atoms with E-state index < -0.39 is 0 Å². The Labute approximate surface area is 149 Å². The number of hydrogen-bond acceptors (Lipinski definition) is 3. The van der Waals surface area contributed by atoms with Crippen LogP contribution in [0.25, 0.3) is 10.9 Å². The van der Waals surface area contributed by atoms with Gasteiger partial charge in [0.25, 0.3) is 0 Å². The number of aromatic nitrogens is 1. The smallest absolute Gasteiger partial charge is 0.166 e. The van der Waals surface area contributed by atoms with Gasteiger partial charge in [-0.05, 0) is 43.9 Å². The maximum Gasteiger partial charge on any atom is 0.166 e. The van der Waals surface area contributed by atoms with Crippen molar-refractivity contribution in [1.29, 1.82) is 0 Å². The molecule has 3 heteroatoms. The van der Waals surface area contributed by atoms with Gasteiger partial charge in [-0.1, -0.05) is 43.3 Å². The molecule has 0 bridgehead atoms. The summed E-state index contributed by atoms with van der Waals surface area (Å²) in [5.74, 6) is 0.132. The Morgan fingerprint density at radius 3 is 2.28 bits per heavy atom. The van der Waals surface area contributed by atoms with Crippen molar-refractivity contribution in [1.82, 2.24) is 4.98 Å². The lowest BCUT2D eigenvalue weighted by atomic mass is 10.0. The molecule has 3 aromatic rings. The van der Waals surface area contributed by atoms with E-state index in [1.165, 1.54) is 0 Å². The van der Waals surface area contributed by atoms with E-state index in [-0.39, 0.29) is 5.78 Å². The molecule has 3 rings (SSSR count). The first kappa shape index (κ1) is 17.2. The van der Waals surface area contributed by atoms with Crippen molar-refractivity contribution in [3.63, 3.8) is 0 Å². The fourth-order valence-corrected chi connectivity index (χ4v) is 3.22. The summed E-state index contributed by atoms with van der Waals surface area (Å²) < 4.78 is 0. The van der Waals surface area contributed by atoms with Crippen molar-refractivity contribution < 1.29 is 4.79 Å². The van der Waals surface area contributed by atoms with Crippen LogP contribution in [0.5, 0.6) is 0 Å². The number of anilines is 2.